The summed E-state index contributed by atoms with van der Waals surface area (Å²) in [6.45, 7) is 14.8. The van der Waals surface area contributed by atoms with Crippen molar-refractivity contribution in [2.75, 3.05) is 6.54 Å². The molecule has 1 amide bonds. The monoisotopic (exact) mass is 684 g/mol. The molecule has 4 aliphatic rings. The maximum Gasteiger partial charge on any atom is 0.291 e. The van der Waals surface area contributed by atoms with E-state index in [-0.39, 0.29) is 40.5 Å². The van der Waals surface area contributed by atoms with E-state index in [2.05, 4.69) is 50.2 Å². The van der Waals surface area contributed by atoms with Gasteiger partial charge in [-0.25, -0.2) is 0 Å². The number of hydrazine groups is 1. The van der Waals surface area contributed by atoms with Gasteiger partial charge in [0.25, 0.3) is 11.8 Å². The van der Waals surface area contributed by atoms with Crippen molar-refractivity contribution in [3.63, 3.8) is 0 Å². The molecule has 266 valence electrons. The van der Waals surface area contributed by atoms with Gasteiger partial charge in [0.05, 0.1) is 12.1 Å². The Morgan fingerprint density at radius 2 is 1.88 bits per heavy atom. The van der Waals surface area contributed by atoms with E-state index in [0.29, 0.717) is 41.8 Å². The Bertz CT molecular complexity index is 1730. The molecule has 2 N–H and O–H groups in total. The summed E-state index contributed by atoms with van der Waals surface area (Å²) in [4.78, 5) is 32.7. The predicted octanol–water partition coefficient (Wildman–Crippen LogP) is 8.14. The number of nitrogens with one attached hydrogen (secondary N) is 2. The second kappa shape index (κ2) is 14.0. The number of carbonyl (C=O) groups excluding carboxylic acids is 2. The summed E-state index contributed by atoms with van der Waals surface area (Å²) in [6, 6.07) is 14.1. The molecule has 2 aromatic rings. The number of allylic oxidation sites excluding steroid dienone is 1. The van der Waals surface area contributed by atoms with Gasteiger partial charge in [-0.2, -0.15) is 8.78 Å². The van der Waals surface area contributed by atoms with Crippen molar-refractivity contribution in [1.82, 2.24) is 10.9 Å². The summed E-state index contributed by atoms with van der Waals surface area (Å²) in [5, 5.41) is 7.29. The maximum atomic E-state index is 14.7. The largest absolute Gasteiger partial charge is 0.344 e. The first-order chi connectivity index (χ1) is 23.8. The molecule has 7 nitrogen and oxygen atoms in total. The third kappa shape index (κ3) is 7.10. The second-order valence-electron chi connectivity index (χ2n) is 15.6. The first kappa shape index (κ1) is 35.8. The summed E-state index contributed by atoms with van der Waals surface area (Å²) in [5.41, 5.74) is 7.10. The molecule has 0 radical (unpaired) electrons. The summed E-state index contributed by atoms with van der Waals surface area (Å²) in [5.74, 6) is -2.78. The van der Waals surface area contributed by atoms with Gasteiger partial charge in [0.15, 0.2) is 11.5 Å². The van der Waals surface area contributed by atoms with Gasteiger partial charge in [-0.3, -0.25) is 14.6 Å². The van der Waals surface area contributed by atoms with Crippen molar-refractivity contribution >= 4 is 28.8 Å². The predicted molar refractivity (Wildman–Crippen MR) is 195 cm³/mol. The highest BCUT2D eigenvalue weighted by molar-refractivity contribution is 6.46. The highest BCUT2D eigenvalue weighted by atomic mass is 19.3. The Balaban J connectivity index is 1.27. The van der Waals surface area contributed by atoms with Crippen molar-refractivity contribution in [2.24, 2.45) is 27.3 Å². The molecular formula is C41H52F2N5O2+. The van der Waals surface area contributed by atoms with Crippen LogP contribution in [0.3, 0.4) is 0 Å². The number of alkyl halides is 2. The van der Waals surface area contributed by atoms with Crippen molar-refractivity contribution in [3.05, 3.63) is 83.4 Å². The fourth-order valence-electron chi connectivity index (χ4n) is 8.56. The Morgan fingerprint density at radius 3 is 2.50 bits per heavy atom. The summed E-state index contributed by atoms with van der Waals surface area (Å²) in [7, 11) is 0. The topological polar surface area (TPSA) is 85.9 Å². The van der Waals surface area contributed by atoms with E-state index < -0.39 is 11.5 Å². The highest BCUT2D eigenvalue weighted by Crippen LogP contribution is 2.50. The lowest BCUT2D eigenvalue weighted by Crippen LogP contribution is -2.39. The number of amides is 1. The van der Waals surface area contributed by atoms with E-state index in [1.165, 1.54) is 17.8 Å². The maximum absolute atomic E-state index is 14.7. The number of hydrogen-bond donors (Lipinski definition) is 2. The van der Waals surface area contributed by atoms with Crippen molar-refractivity contribution < 1.29 is 23.1 Å². The van der Waals surface area contributed by atoms with Gasteiger partial charge in [-0.05, 0) is 91.5 Å². The minimum absolute atomic E-state index is 0.0192. The number of Topliss-reactive ketones (excluding diaryl/α,β-unsaturated/α-hetero) is 1. The van der Waals surface area contributed by atoms with E-state index in [9.17, 15) is 18.4 Å². The van der Waals surface area contributed by atoms with Gasteiger partial charge >= 0.3 is 0 Å². The molecule has 1 saturated carbocycles. The molecule has 1 aliphatic carbocycles. The molecule has 0 bridgehead atoms. The van der Waals surface area contributed by atoms with Crippen LogP contribution in [0.5, 0.6) is 0 Å². The van der Waals surface area contributed by atoms with E-state index >= 15 is 0 Å². The van der Waals surface area contributed by atoms with Gasteiger partial charge in [-0.15, -0.1) is 4.68 Å². The minimum Gasteiger partial charge on any atom is -0.344 e. The van der Waals surface area contributed by atoms with Gasteiger partial charge in [0.2, 0.25) is 11.8 Å². The number of aliphatic imine (C=N–C) groups is 1. The molecule has 1 fully saturated rings. The number of halogens is 2. The lowest BCUT2D eigenvalue weighted by molar-refractivity contribution is -0.513. The van der Waals surface area contributed by atoms with Gasteiger partial charge in [-0.1, -0.05) is 83.0 Å². The summed E-state index contributed by atoms with van der Waals surface area (Å²) < 4.78 is 31.4. The van der Waals surface area contributed by atoms with Crippen LogP contribution < -0.4 is 10.9 Å². The number of hydrazone groups is 2. The zero-order chi connectivity index (χ0) is 35.8. The third-order valence-corrected chi connectivity index (χ3v) is 12.2. The first-order valence-electron chi connectivity index (χ1n) is 18.4. The van der Waals surface area contributed by atoms with Gasteiger partial charge in [0.1, 0.15) is 5.71 Å². The lowest BCUT2D eigenvalue weighted by Gasteiger charge is -2.44. The smallest absolute Gasteiger partial charge is 0.291 e. The third-order valence-electron chi connectivity index (χ3n) is 12.2. The zero-order valence-corrected chi connectivity index (χ0v) is 30.2. The Kier molecular flexibility index (Phi) is 9.99. The lowest BCUT2D eigenvalue weighted by atomic mass is 9.63. The molecule has 6 rings (SSSR count). The van der Waals surface area contributed by atoms with Crippen molar-refractivity contribution in [3.8, 4) is 0 Å². The van der Waals surface area contributed by atoms with E-state index in [1.807, 2.05) is 35.9 Å². The number of ketones is 1. The van der Waals surface area contributed by atoms with Crippen LogP contribution in [0.25, 0.3) is 0 Å². The average molecular weight is 685 g/mol. The van der Waals surface area contributed by atoms with Crippen LogP contribution in [0.15, 0.2) is 71.3 Å². The Morgan fingerprint density at radius 1 is 1.16 bits per heavy atom. The van der Waals surface area contributed by atoms with Crippen molar-refractivity contribution in [1.29, 1.82) is 0 Å². The molecule has 50 heavy (non-hydrogen) atoms. The normalized spacial score (nSPS) is 25.7. The van der Waals surface area contributed by atoms with Crippen LogP contribution in [-0.4, -0.2) is 51.6 Å². The molecule has 0 aromatic heterocycles. The number of fused-ring (bicyclic) bond motifs is 1. The Hall–Kier alpha value is -4.01. The zero-order valence-electron chi connectivity index (χ0n) is 30.2. The summed E-state index contributed by atoms with van der Waals surface area (Å²) >= 11 is 0. The number of nitrogens with zero attached hydrogens (tertiary/aromatic N) is 3. The van der Waals surface area contributed by atoms with E-state index in [4.69, 9.17) is 4.99 Å². The number of benzene rings is 2. The molecule has 0 saturated heterocycles. The summed E-state index contributed by atoms with van der Waals surface area (Å²) in [6.07, 6.45) is 8.41. The number of hydrogen-bond acceptors (Lipinski definition) is 5. The molecule has 1 spiro atoms. The Labute approximate surface area is 295 Å². The molecule has 3 aliphatic heterocycles. The molecule has 9 heteroatoms. The standard InChI is InChI=1S/C41H51F2N5O2/c1-7-11-33(27-14-16-28(17-15-27)38(50)44-25-34-37-26(4)48(37)47-46-34)30-23-35(49)36(29-12-10-13-32(22-29)41(42,43)9-3)45-40(24-30)20-18-31(19-21-40)39(5,6)8-2/h9-10,12-17,22,30-31,33,37,47H,3,7-8,11,18-21,23-25H2,1-2,4-6H3/p+1. The number of rotatable bonds is 12. The van der Waals surface area contributed by atoms with Crippen LogP contribution in [0, 0.1) is 17.3 Å². The van der Waals surface area contributed by atoms with Crippen LogP contribution in [0.2, 0.25) is 0 Å². The molecule has 3 heterocycles. The molecular weight excluding hydrogens is 632 g/mol. The molecule has 3 unspecified atom stereocenters. The first-order valence-corrected chi connectivity index (χ1v) is 18.4. The van der Waals surface area contributed by atoms with Crippen LogP contribution in [-0.2, 0) is 10.7 Å². The molecule has 2 aromatic carbocycles. The van der Waals surface area contributed by atoms with Crippen molar-refractivity contribution in [2.45, 2.75) is 116 Å². The highest BCUT2D eigenvalue weighted by Gasteiger charge is 2.51. The second-order valence-corrected chi connectivity index (χ2v) is 15.6. The number of carbonyl (C=O) groups is 2. The van der Waals surface area contributed by atoms with Gasteiger partial charge < -0.3 is 5.32 Å². The van der Waals surface area contributed by atoms with Crippen LogP contribution >= 0.6 is 0 Å². The van der Waals surface area contributed by atoms with Gasteiger partial charge in [0, 0.05) is 35.1 Å². The fourth-order valence-corrected chi connectivity index (χ4v) is 8.56. The molecule has 3 atom stereocenters. The van der Waals surface area contributed by atoms with Crippen LogP contribution in [0.1, 0.15) is 125 Å². The minimum atomic E-state index is -3.21. The fraction of sp³-hybridized carbons (Fsp3) is 0.537. The quantitative estimate of drug-likeness (QED) is 0.175. The average Bonchev–Trinajstić information content (AvgIpc) is 3.60. The van der Waals surface area contributed by atoms with E-state index in [0.717, 1.165) is 62.6 Å². The van der Waals surface area contributed by atoms with Crippen LogP contribution in [0.4, 0.5) is 8.78 Å². The SMILES string of the molecule is C=CC(F)(F)c1cccc(C2=NC3(CCC(C(C)(C)CC)CC3)CC(C(CCC)c3ccc(C(=O)NCC4=NN[N+]5=C(C)C45)cc3)CC2=O)c1. The van der Waals surface area contributed by atoms with E-state index in [1.54, 1.807) is 12.1 Å².